The normalized spacial score (nSPS) is 14.1. The molecule has 0 atom stereocenters. The fourth-order valence-corrected chi connectivity index (χ4v) is 6.46. The predicted molar refractivity (Wildman–Crippen MR) is 172 cm³/mol. The van der Waals surface area contributed by atoms with E-state index < -0.39 is 0 Å². The molecule has 0 unspecified atom stereocenters. The zero-order valence-corrected chi connectivity index (χ0v) is 23.6. The van der Waals surface area contributed by atoms with Crippen molar-refractivity contribution in [2.24, 2.45) is 0 Å². The molecule has 41 heavy (non-hydrogen) atoms. The first-order valence-electron chi connectivity index (χ1n) is 14.1. The Labute approximate surface area is 240 Å². The Morgan fingerprint density at radius 3 is 2.29 bits per heavy atom. The molecule has 0 aliphatic heterocycles. The maximum absolute atomic E-state index is 5.26. The van der Waals surface area contributed by atoms with Gasteiger partial charge in [0.05, 0.1) is 17.2 Å². The maximum atomic E-state index is 5.26. The van der Waals surface area contributed by atoms with Gasteiger partial charge in [-0.05, 0) is 58.5 Å². The molecule has 0 N–H and O–H groups in total. The van der Waals surface area contributed by atoms with Gasteiger partial charge in [-0.3, -0.25) is 0 Å². The summed E-state index contributed by atoms with van der Waals surface area (Å²) in [5, 5.41) is 1.19. The van der Waals surface area contributed by atoms with Gasteiger partial charge in [0.15, 0.2) is 5.82 Å². The molecule has 0 bridgehead atoms. The molecule has 0 radical (unpaired) electrons. The van der Waals surface area contributed by atoms with Crippen molar-refractivity contribution < 1.29 is 0 Å². The zero-order valence-electron chi connectivity index (χ0n) is 23.6. The minimum absolute atomic E-state index is 0.168. The topological polar surface area (TPSA) is 30.7 Å². The second-order valence-corrected chi connectivity index (χ2v) is 11.1. The summed E-state index contributed by atoms with van der Waals surface area (Å²) in [6.07, 6.45) is 9.75. The van der Waals surface area contributed by atoms with E-state index >= 15 is 0 Å². The van der Waals surface area contributed by atoms with Crippen molar-refractivity contribution in [1.29, 1.82) is 0 Å². The van der Waals surface area contributed by atoms with E-state index in [1.807, 2.05) is 31.3 Å². The van der Waals surface area contributed by atoms with E-state index in [4.69, 9.17) is 9.97 Å². The Morgan fingerprint density at radius 1 is 0.805 bits per heavy atom. The third-order valence-electron chi connectivity index (χ3n) is 8.40. The molecule has 1 aliphatic carbocycles. The highest BCUT2D eigenvalue weighted by molar-refractivity contribution is 6.12. The van der Waals surface area contributed by atoms with Crippen molar-refractivity contribution in [1.82, 2.24) is 14.5 Å². The third-order valence-corrected chi connectivity index (χ3v) is 8.40. The smallest absolute Gasteiger partial charge is 0.159 e. The summed E-state index contributed by atoms with van der Waals surface area (Å²) in [7, 11) is 0. The van der Waals surface area contributed by atoms with Crippen molar-refractivity contribution in [3.63, 3.8) is 0 Å². The van der Waals surface area contributed by atoms with Gasteiger partial charge in [0.2, 0.25) is 0 Å². The summed E-state index contributed by atoms with van der Waals surface area (Å²) in [4.78, 5) is 10.1. The number of fused-ring (bicyclic) bond motifs is 7. The number of allylic oxidation sites excluding steroid dienone is 5. The molecule has 1 aliphatic rings. The first-order valence-corrected chi connectivity index (χ1v) is 14.1. The predicted octanol–water partition coefficient (Wildman–Crippen LogP) is 9.69. The molecule has 198 valence electrons. The molecule has 0 saturated heterocycles. The molecule has 4 aromatic carbocycles. The van der Waals surface area contributed by atoms with E-state index in [0.29, 0.717) is 5.82 Å². The van der Waals surface area contributed by atoms with Gasteiger partial charge in [-0.2, -0.15) is 0 Å². The Hall–Kier alpha value is -5.02. The first-order chi connectivity index (χ1) is 20.0. The largest absolute Gasteiger partial charge is 0.306 e. The van der Waals surface area contributed by atoms with E-state index in [0.717, 1.165) is 27.8 Å². The minimum Gasteiger partial charge on any atom is -0.306 e. The summed E-state index contributed by atoms with van der Waals surface area (Å²) >= 11 is 0. The van der Waals surface area contributed by atoms with Crippen molar-refractivity contribution >= 4 is 27.5 Å². The van der Waals surface area contributed by atoms with Gasteiger partial charge < -0.3 is 4.57 Å². The highest BCUT2D eigenvalue weighted by atomic mass is 15.0. The SMILES string of the molecule is C=C/C=C\C(=C/C)c1ncc2c(n1)c1c3c(ccc1n2-c1ccc(-c2ccccc2)cc1)-c1ccccc1C3(C)C. The highest BCUT2D eigenvalue weighted by Crippen LogP contribution is 2.53. The van der Waals surface area contributed by atoms with Crippen LogP contribution in [0.25, 0.3) is 55.5 Å². The summed E-state index contributed by atoms with van der Waals surface area (Å²) < 4.78 is 2.32. The van der Waals surface area contributed by atoms with E-state index in [2.05, 4.69) is 116 Å². The van der Waals surface area contributed by atoms with Gasteiger partial charge >= 0.3 is 0 Å². The number of benzene rings is 4. The van der Waals surface area contributed by atoms with Gasteiger partial charge in [0, 0.05) is 22.1 Å². The zero-order chi connectivity index (χ0) is 28.1. The Bertz CT molecular complexity index is 2020. The molecule has 6 aromatic rings. The fraction of sp³-hybridized carbons (Fsp3) is 0.105. The quantitative estimate of drug-likeness (QED) is 0.208. The van der Waals surface area contributed by atoms with Crippen LogP contribution in [0.1, 0.15) is 37.7 Å². The average Bonchev–Trinajstić information content (AvgIpc) is 3.46. The van der Waals surface area contributed by atoms with Crippen molar-refractivity contribution in [3.05, 3.63) is 145 Å². The van der Waals surface area contributed by atoms with Gasteiger partial charge in [-0.1, -0.05) is 118 Å². The Morgan fingerprint density at radius 2 is 1.54 bits per heavy atom. The van der Waals surface area contributed by atoms with Crippen LogP contribution in [0.2, 0.25) is 0 Å². The van der Waals surface area contributed by atoms with Crippen molar-refractivity contribution in [3.8, 4) is 27.9 Å². The van der Waals surface area contributed by atoms with Gasteiger partial charge in [0.1, 0.15) is 5.52 Å². The number of nitrogens with zero attached hydrogens (tertiary/aromatic N) is 3. The van der Waals surface area contributed by atoms with Gasteiger partial charge in [0.25, 0.3) is 0 Å². The molecule has 2 heterocycles. The number of hydrogen-bond donors (Lipinski definition) is 0. The van der Waals surface area contributed by atoms with E-state index in [9.17, 15) is 0 Å². The molecule has 2 aromatic heterocycles. The second-order valence-electron chi connectivity index (χ2n) is 11.1. The number of hydrogen-bond acceptors (Lipinski definition) is 2. The van der Waals surface area contributed by atoms with E-state index in [-0.39, 0.29) is 5.41 Å². The van der Waals surface area contributed by atoms with E-state index in [1.54, 1.807) is 6.08 Å². The van der Waals surface area contributed by atoms with Crippen molar-refractivity contribution in [2.75, 3.05) is 0 Å². The van der Waals surface area contributed by atoms with Crippen molar-refractivity contribution in [2.45, 2.75) is 26.2 Å². The summed E-state index contributed by atoms with van der Waals surface area (Å²) in [5.41, 5.74) is 12.7. The van der Waals surface area contributed by atoms with Crippen LogP contribution in [0.5, 0.6) is 0 Å². The lowest BCUT2D eigenvalue weighted by molar-refractivity contribution is 0.666. The van der Waals surface area contributed by atoms with Gasteiger partial charge in [-0.15, -0.1) is 0 Å². The first kappa shape index (κ1) is 25.0. The summed E-state index contributed by atoms with van der Waals surface area (Å²) in [6.45, 7) is 10.5. The Balaban J connectivity index is 1.53. The van der Waals surface area contributed by atoms with Crippen LogP contribution < -0.4 is 0 Å². The molecular weight excluding hydrogens is 498 g/mol. The molecule has 0 amide bonds. The third kappa shape index (κ3) is 3.81. The van der Waals surface area contributed by atoms with Crippen LogP contribution >= 0.6 is 0 Å². The van der Waals surface area contributed by atoms with Crippen LogP contribution in [-0.4, -0.2) is 14.5 Å². The number of rotatable bonds is 5. The van der Waals surface area contributed by atoms with Crippen LogP contribution in [0.4, 0.5) is 0 Å². The molecular formula is C38H31N3. The molecule has 7 rings (SSSR count). The van der Waals surface area contributed by atoms with Crippen LogP contribution in [-0.2, 0) is 5.41 Å². The molecule has 3 heteroatoms. The minimum atomic E-state index is -0.168. The van der Waals surface area contributed by atoms with Crippen LogP contribution in [0.3, 0.4) is 0 Å². The average molecular weight is 530 g/mol. The standard InChI is InChI=1S/C38H31N3/c1-5-7-13-25(6-2)37-39-24-33-36(40-37)34-32(23-22-30-29-16-11-12-17-31(29)38(3,4)35(30)34)41(33)28-20-18-27(19-21-28)26-14-9-8-10-15-26/h5-24H,1H2,2-4H3/b13-7-,25-6+. The number of aromatic nitrogens is 3. The monoisotopic (exact) mass is 529 g/mol. The lowest BCUT2D eigenvalue weighted by Gasteiger charge is -2.22. The maximum Gasteiger partial charge on any atom is 0.159 e. The lowest BCUT2D eigenvalue weighted by Crippen LogP contribution is -2.15. The van der Waals surface area contributed by atoms with Crippen LogP contribution in [0.15, 0.2) is 128 Å². The Kier molecular flexibility index (Phi) is 5.83. The molecule has 0 saturated carbocycles. The summed E-state index contributed by atoms with van der Waals surface area (Å²) in [6, 6.07) is 32.6. The highest BCUT2D eigenvalue weighted by Gasteiger charge is 2.38. The van der Waals surface area contributed by atoms with Gasteiger partial charge in [-0.25, -0.2) is 9.97 Å². The fourth-order valence-electron chi connectivity index (χ4n) is 6.46. The second kappa shape index (κ2) is 9.57. The van der Waals surface area contributed by atoms with E-state index in [1.165, 1.54) is 38.8 Å². The molecule has 0 spiro atoms. The lowest BCUT2D eigenvalue weighted by atomic mass is 9.81. The molecule has 0 fully saturated rings. The van der Waals surface area contributed by atoms with Crippen LogP contribution in [0, 0.1) is 0 Å². The summed E-state index contributed by atoms with van der Waals surface area (Å²) in [5.74, 6) is 0.711. The molecule has 3 nitrogen and oxygen atoms in total.